The predicted molar refractivity (Wildman–Crippen MR) is 133 cm³/mol. The van der Waals surface area contributed by atoms with Crippen molar-refractivity contribution in [3.63, 3.8) is 0 Å². The van der Waals surface area contributed by atoms with Crippen molar-refractivity contribution in [1.82, 2.24) is 15.2 Å². The quantitative estimate of drug-likeness (QED) is 0.292. The number of fused-ring (bicyclic) bond motifs is 1. The van der Waals surface area contributed by atoms with E-state index >= 15 is 0 Å². The van der Waals surface area contributed by atoms with Gasteiger partial charge in [-0.05, 0) is 49.4 Å². The molecule has 0 aliphatic carbocycles. The van der Waals surface area contributed by atoms with Crippen LogP contribution in [0.1, 0.15) is 29.7 Å². The molecule has 1 aromatic heterocycles. The van der Waals surface area contributed by atoms with E-state index in [1.807, 2.05) is 30.3 Å². The van der Waals surface area contributed by atoms with Gasteiger partial charge in [-0.3, -0.25) is 4.90 Å². The van der Waals surface area contributed by atoms with Crippen molar-refractivity contribution in [1.29, 1.82) is 0 Å². The number of methoxy groups -OCH3 is 1. The molecule has 0 unspecified atom stereocenters. The number of hydrogen-bond acceptors (Lipinski definition) is 9. The fourth-order valence-electron chi connectivity index (χ4n) is 4.25. The van der Waals surface area contributed by atoms with Crippen LogP contribution in [0.25, 0.3) is 0 Å². The Bertz CT molecular complexity index is 990. The molecule has 1 atom stereocenters. The monoisotopic (exact) mass is 522 g/mol. The molecule has 4 rings (SSSR count). The number of amides is 1. The molecule has 2 aliphatic heterocycles. The maximum Gasteiger partial charge on any atom is 1.00 e. The Morgan fingerprint density at radius 1 is 1.19 bits per heavy atom. The summed E-state index contributed by atoms with van der Waals surface area (Å²) >= 11 is 0. The zero-order valence-corrected chi connectivity index (χ0v) is 23.7. The largest absolute Gasteiger partial charge is 1.00 e. The van der Waals surface area contributed by atoms with Crippen LogP contribution in [-0.4, -0.2) is 79.5 Å². The van der Waals surface area contributed by atoms with Crippen molar-refractivity contribution < 1.29 is 58.8 Å². The van der Waals surface area contributed by atoms with Crippen LogP contribution < -0.4 is 40.2 Å². The van der Waals surface area contributed by atoms with Gasteiger partial charge < -0.3 is 30.3 Å². The van der Waals surface area contributed by atoms with Crippen molar-refractivity contribution in [2.45, 2.75) is 44.4 Å². The summed E-state index contributed by atoms with van der Waals surface area (Å²) in [5.41, 5.74) is 3.30. The third-order valence-corrected chi connectivity index (χ3v) is 6.27. The first kappa shape index (κ1) is 31.0. The summed E-state index contributed by atoms with van der Waals surface area (Å²) in [6.07, 6.45) is 3.58. The molecule has 37 heavy (non-hydrogen) atoms. The molecule has 3 heterocycles. The van der Waals surface area contributed by atoms with Crippen molar-refractivity contribution in [2.75, 3.05) is 45.2 Å². The number of benzene rings is 1. The molecular formula is C26H35N4NaO6. The van der Waals surface area contributed by atoms with E-state index in [4.69, 9.17) is 19.2 Å². The molecule has 1 aromatic carbocycles. The minimum absolute atomic E-state index is 0. The van der Waals surface area contributed by atoms with Crippen LogP contribution in [0.5, 0.6) is 0 Å². The van der Waals surface area contributed by atoms with Crippen molar-refractivity contribution >= 4 is 17.9 Å². The zero-order valence-electron chi connectivity index (χ0n) is 21.7. The van der Waals surface area contributed by atoms with Crippen LogP contribution >= 0.6 is 0 Å². The molecule has 0 bridgehead atoms. The molecule has 11 heteroatoms. The smallest absolute Gasteiger partial charge is 0.870 e. The van der Waals surface area contributed by atoms with E-state index in [0.29, 0.717) is 0 Å². The van der Waals surface area contributed by atoms with Crippen LogP contribution in [0.2, 0.25) is 0 Å². The summed E-state index contributed by atoms with van der Waals surface area (Å²) in [7, 11) is 1.28. The first-order valence-electron chi connectivity index (χ1n) is 12.2. The Labute approximate surface area is 240 Å². The summed E-state index contributed by atoms with van der Waals surface area (Å²) in [4.78, 5) is 31.3. The number of rotatable bonds is 11. The van der Waals surface area contributed by atoms with Crippen molar-refractivity contribution in [3.8, 4) is 0 Å². The maximum atomic E-state index is 12.1. The van der Waals surface area contributed by atoms with Gasteiger partial charge in [-0.1, -0.05) is 36.4 Å². The average molecular weight is 523 g/mol. The molecule has 2 aliphatic rings. The maximum absolute atomic E-state index is 12.1. The number of nitrogens with one attached hydrogen (secondary N) is 2. The number of carbonyl (C=O) groups excluding carboxylic acids is 2. The van der Waals surface area contributed by atoms with Crippen LogP contribution in [0, 0.1) is 0 Å². The summed E-state index contributed by atoms with van der Waals surface area (Å²) in [5, 5.41) is 5.93. The zero-order chi connectivity index (χ0) is 24.5. The summed E-state index contributed by atoms with van der Waals surface area (Å²) in [6, 6.07) is 12.8. The molecule has 1 fully saturated rings. The Kier molecular flexibility index (Phi) is 13.3. The molecule has 196 valence electrons. The number of hydrogen-bond donors (Lipinski definition) is 2. The number of nitrogens with zero attached hydrogens (tertiary/aromatic N) is 2. The van der Waals surface area contributed by atoms with Crippen molar-refractivity contribution in [2.24, 2.45) is 0 Å². The minimum Gasteiger partial charge on any atom is -0.870 e. The van der Waals surface area contributed by atoms with Gasteiger partial charge in [-0.15, -0.1) is 0 Å². The Morgan fingerprint density at radius 3 is 2.73 bits per heavy atom. The topological polar surface area (TPSA) is 132 Å². The molecule has 1 saturated heterocycles. The number of aryl methyl sites for hydroxylation is 2. The van der Waals surface area contributed by atoms with Crippen molar-refractivity contribution in [3.05, 3.63) is 59.3 Å². The van der Waals surface area contributed by atoms with Gasteiger partial charge in [0.1, 0.15) is 12.4 Å². The van der Waals surface area contributed by atoms with E-state index in [1.165, 1.54) is 19.1 Å². The molecule has 0 radical (unpaired) electrons. The van der Waals surface area contributed by atoms with E-state index < -0.39 is 18.1 Å². The van der Waals surface area contributed by atoms with Gasteiger partial charge in [0.25, 0.3) is 0 Å². The average Bonchev–Trinajstić information content (AvgIpc) is 2.87. The third kappa shape index (κ3) is 9.55. The second-order valence-electron chi connectivity index (χ2n) is 8.94. The van der Waals surface area contributed by atoms with Gasteiger partial charge in [-0.2, -0.15) is 0 Å². The van der Waals surface area contributed by atoms with E-state index in [9.17, 15) is 9.59 Å². The number of pyridine rings is 1. The SMILES string of the molecule is COC(=O)[C@H](COC1CN(CCCc2ccc3c(n2)NCCC3)C1)NC(=O)OCc1ccccc1.[Na+].[OH-]. The number of aromatic nitrogens is 1. The minimum atomic E-state index is -0.916. The molecule has 0 saturated carbocycles. The van der Waals surface area contributed by atoms with Crippen LogP contribution in [0.3, 0.4) is 0 Å². The second kappa shape index (κ2) is 15.9. The van der Waals surface area contributed by atoms with Crippen LogP contribution in [-0.2, 0) is 38.5 Å². The summed E-state index contributed by atoms with van der Waals surface area (Å²) < 4.78 is 15.8. The molecule has 0 spiro atoms. The summed E-state index contributed by atoms with van der Waals surface area (Å²) in [5.74, 6) is 0.480. The van der Waals surface area contributed by atoms with E-state index in [-0.39, 0.29) is 54.4 Å². The number of ether oxygens (including phenoxy) is 3. The van der Waals surface area contributed by atoms with E-state index in [0.717, 1.165) is 62.5 Å². The summed E-state index contributed by atoms with van der Waals surface area (Å²) in [6.45, 7) is 3.72. The second-order valence-corrected chi connectivity index (χ2v) is 8.94. The van der Waals surface area contributed by atoms with E-state index in [2.05, 4.69) is 27.7 Å². The Hall–Kier alpha value is -2.21. The fraction of sp³-hybridized carbons (Fsp3) is 0.500. The van der Waals surface area contributed by atoms with E-state index in [1.54, 1.807) is 0 Å². The first-order chi connectivity index (χ1) is 17.1. The van der Waals surface area contributed by atoms with Gasteiger partial charge in [-0.25, -0.2) is 14.6 Å². The van der Waals surface area contributed by atoms with Crippen LogP contribution in [0.15, 0.2) is 42.5 Å². The number of anilines is 1. The number of esters is 1. The standard InChI is InChI=1S/C26H34N4O5.Na.H2O/c1-33-25(31)23(29-26(32)35-17-19-7-3-2-4-8-19)18-34-22-15-30(16-22)14-6-10-21-12-11-20-9-5-13-27-24(20)28-21;;/h2-4,7-8,11-12,22-23H,5-6,9-10,13-18H2,1H3,(H,27,28)(H,29,32);;1H2/q;+1;/p-1/t23-;;/m0../s1. The molecule has 1 amide bonds. The number of alkyl carbamates (subject to hydrolysis) is 1. The Balaban J connectivity index is 0.00000241. The molecule has 3 N–H and O–H groups in total. The van der Waals surface area contributed by atoms with Gasteiger partial charge >= 0.3 is 41.6 Å². The van der Waals surface area contributed by atoms with Gasteiger partial charge in [0.15, 0.2) is 6.04 Å². The van der Waals surface area contributed by atoms with Crippen LogP contribution in [0.4, 0.5) is 10.6 Å². The third-order valence-electron chi connectivity index (χ3n) is 6.27. The number of likely N-dealkylation sites (tertiary alicyclic amines) is 1. The molecule has 2 aromatic rings. The van der Waals surface area contributed by atoms with Gasteiger partial charge in [0.05, 0.1) is 19.8 Å². The number of carbonyl (C=O) groups is 2. The molecular weight excluding hydrogens is 487 g/mol. The molecule has 10 nitrogen and oxygen atoms in total. The predicted octanol–water partition coefficient (Wildman–Crippen LogP) is -0.632. The van der Waals surface area contributed by atoms with Gasteiger partial charge in [0.2, 0.25) is 0 Å². The first-order valence-corrected chi connectivity index (χ1v) is 12.2. The normalized spacial score (nSPS) is 15.5. The fourth-order valence-corrected chi connectivity index (χ4v) is 4.25. The van der Waals surface area contributed by atoms with Gasteiger partial charge in [0, 0.05) is 25.3 Å². The Morgan fingerprint density at radius 2 is 1.97 bits per heavy atom.